The minimum Gasteiger partial charge on any atom is -0.481 e. The lowest BCUT2D eigenvalue weighted by Crippen LogP contribution is -2.42. The Morgan fingerprint density at radius 1 is 1.55 bits per heavy atom. The molecule has 0 spiro atoms. The lowest BCUT2D eigenvalue weighted by molar-refractivity contribution is -0.139. The molecule has 1 aliphatic heterocycles. The molecule has 2 unspecified atom stereocenters. The third-order valence-electron chi connectivity index (χ3n) is 4.01. The molecule has 0 amide bonds. The summed E-state index contributed by atoms with van der Waals surface area (Å²) in [5.74, 6) is -1.20. The van der Waals surface area contributed by atoms with Crippen LogP contribution in [-0.4, -0.2) is 28.6 Å². The van der Waals surface area contributed by atoms with Gasteiger partial charge < -0.3 is 5.11 Å². The van der Waals surface area contributed by atoms with E-state index in [9.17, 15) is 9.18 Å². The first-order valence-corrected chi connectivity index (χ1v) is 7.29. The maximum atomic E-state index is 13.2. The number of carboxylic acid groups (broad SMARTS) is 1. The van der Waals surface area contributed by atoms with Crippen LogP contribution in [0.4, 0.5) is 4.39 Å². The SMILES string of the molecule is CC(c1ccc(F)c(Cl)c1)N1CCCCC1CC(=O)O. The molecular formula is C15H19ClFNO2. The number of likely N-dealkylation sites (tertiary alicyclic amines) is 1. The maximum Gasteiger partial charge on any atom is 0.304 e. The summed E-state index contributed by atoms with van der Waals surface area (Å²) < 4.78 is 13.2. The zero-order valence-electron chi connectivity index (χ0n) is 11.5. The molecule has 20 heavy (non-hydrogen) atoms. The van der Waals surface area contributed by atoms with Crippen molar-refractivity contribution in [1.82, 2.24) is 4.90 Å². The number of piperidine rings is 1. The van der Waals surface area contributed by atoms with Gasteiger partial charge in [0, 0.05) is 12.1 Å². The molecule has 5 heteroatoms. The first-order chi connectivity index (χ1) is 9.49. The molecule has 1 N–H and O–H groups in total. The summed E-state index contributed by atoms with van der Waals surface area (Å²) in [4.78, 5) is 13.2. The summed E-state index contributed by atoms with van der Waals surface area (Å²) in [5, 5.41) is 9.13. The Morgan fingerprint density at radius 3 is 2.95 bits per heavy atom. The third kappa shape index (κ3) is 3.49. The van der Waals surface area contributed by atoms with Gasteiger partial charge in [-0.2, -0.15) is 0 Å². The Balaban J connectivity index is 2.17. The molecule has 2 atom stereocenters. The normalized spacial score (nSPS) is 21.6. The van der Waals surface area contributed by atoms with Crippen LogP contribution in [0.25, 0.3) is 0 Å². The molecule has 3 nitrogen and oxygen atoms in total. The first-order valence-electron chi connectivity index (χ1n) is 6.91. The Morgan fingerprint density at radius 2 is 2.30 bits per heavy atom. The average Bonchev–Trinajstić information content (AvgIpc) is 2.41. The van der Waals surface area contributed by atoms with E-state index in [1.165, 1.54) is 6.07 Å². The largest absolute Gasteiger partial charge is 0.481 e. The highest BCUT2D eigenvalue weighted by molar-refractivity contribution is 6.30. The number of hydrogen-bond acceptors (Lipinski definition) is 2. The molecule has 0 aliphatic carbocycles. The second-order valence-corrected chi connectivity index (χ2v) is 5.74. The van der Waals surface area contributed by atoms with Crippen LogP contribution in [0.1, 0.15) is 44.2 Å². The van der Waals surface area contributed by atoms with Gasteiger partial charge in [0.05, 0.1) is 11.4 Å². The van der Waals surface area contributed by atoms with E-state index in [4.69, 9.17) is 16.7 Å². The lowest BCUT2D eigenvalue weighted by Gasteiger charge is -2.39. The Bertz CT molecular complexity index is 495. The van der Waals surface area contributed by atoms with Gasteiger partial charge in [0.1, 0.15) is 5.82 Å². The number of nitrogens with zero attached hydrogens (tertiary/aromatic N) is 1. The van der Waals surface area contributed by atoms with Gasteiger partial charge >= 0.3 is 5.97 Å². The van der Waals surface area contributed by atoms with E-state index in [0.29, 0.717) is 0 Å². The van der Waals surface area contributed by atoms with Crippen LogP contribution in [0.2, 0.25) is 5.02 Å². The van der Waals surface area contributed by atoms with E-state index >= 15 is 0 Å². The molecule has 1 aliphatic rings. The number of rotatable bonds is 4. The maximum absolute atomic E-state index is 13.2. The van der Waals surface area contributed by atoms with Crippen LogP contribution in [0, 0.1) is 5.82 Å². The summed E-state index contributed by atoms with van der Waals surface area (Å²) in [5.41, 5.74) is 0.925. The molecule has 1 fully saturated rings. The van der Waals surface area contributed by atoms with E-state index in [1.54, 1.807) is 12.1 Å². The van der Waals surface area contributed by atoms with Crippen molar-refractivity contribution in [2.24, 2.45) is 0 Å². The summed E-state index contributed by atoms with van der Waals surface area (Å²) >= 11 is 5.83. The predicted molar refractivity (Wildman–Crippen MR) is 76.4 cm³/mol. The quantitative estimate of drug-likeness (QED) is 0.917. The topological polar surface area (TPSA) is 40.5 Å². The second kappa shape index (κ2) is 6.55. The standard InChI is InChI=1S/C15H19ClFNO2/c1-10(11-5-6-14(17)13(16)8-11)18-7-3-2-4-12(18)9-15(19)20/h5-6,8,10,12H,2-4,7,9H2,1H3,(H,19,20). The fourth-order valence-corrected chi connectivity index (χ4v) is 3.11. The fourth-order valence-electron chi connectivity index (χ4n) is 2.92. The van der Waals surface area contributed by atoms with E-state index in [-0.39, 0.29) is 23.5 Å². The highest BCUT2D eigenvalue weighted by atomic mass is 35.5. The Kier molecular flexibility index (Phi) is 5.00. The zero-order chi connectivity index (χ0) is 14.7. The molecule has 0 aromatic heterocycles. The number of benzene rings is 1. The van der Waals surface area contributed by atoms with Crippen molar-refractivity contribution in [2.45, 2.75) is 44.7 Å². The van der Waals surface area contributed by atoms with Crippen LogP contribution >= 0.6 is 11.6 Å². The first kappa shape index (κ1) is 15.3. The Labute approximate surface area is 123 Å². The molecule has 0 bridgehead atoms. The fraction of sp³-hybridized carbons (Fsp3) is 0.533. The molecule has 2 rings (SSSR count). The van der Waals surface area contributed by atoms with Crippen LogP contribution in [0.5, 0.6) is 0 Å². The van der Waals surface area contributed by atoms with Gasteiger partial charge in [0.15, 0.2) is 0 Å². The average molecular weight is 300 g/mol. The van der Waals surface area contributed by atoms with Crippen molar-refractivity contribution >= 4 is 17.6 Å². The number of carbonyl (C=O) groups is 1. The van der Waals surface area contributed by atoms with Gasteiger partial charge in [-0.15, -0.1) is 0 Å². The minimum atomic E-state index is -0.772. The van der Waals surface area contributed by atoms with Gasteiger partial charge in [0.25, 0.3) is 0 Å². The van der Waals surface area contributed by atoms with Crippen molar-refractivity contribution in [1.29, 1.82) is 0 Å². The predicted octanol–water partition coefficient (Wildman–Crippen LogP) is 3.87. The zero-order valence-corrected chi connectivity index (χ0v) is 12.2. The molecule has 110 valence electrons. The van der Waals surface area contributed by atoms with Crippen LogP contribution in [0.15, 0.2) is 18.2 Å². The van der Waals surface area contributed by atoms with E-state index in [1.807, 2.05) is 6.92 Å². The molecule has 1 heterocycles. The van der Waals surface area contributed by atoms with Crippen molar-refractivity contribution in [2.75, 3.05) is 6.54 Å². The van der Waals surface area contributed by atoms with Gasteiger partial charge in [-0.1, -0.05) is 24.1 Å². The van der Waals surface area contributed by atoms with Crippen molar-refractivity contribution in [3.8, 4) is 0 Å². The molecule has 1 saturated heterocycles. The summed E-state index contributed by atoms with van der Waals surface area (Å²) in [6.07, 6.45) is 3.17. The number of hydrogen-bond donors (Lipinski definition) is 1. The van der Waals surface area contributed by atoms with Gasteiger partial charge in [0.2, 0.25) is 0 Å². The smallest absolute Gasteiger partial charge is 0.304 e. The monoisotopic (exact) mass is 299 g/mol. The summed E-state index contributed by atoms with van der Waals surface area (Å²) in [6.45, 7) is 2.89. The number of aliphatic carboxylic acids is 1. The van der Waals surface area contributed by atoms with E-state index in [2.05, 4.69) is 4.90 Å². The number of carboxylic acids is 1. The molecule has 0 radical (unpaired) electrons. The van der Waals surface area contributed by atoms with Crippen LogP contribution < -0.4 is 0 Å². The highest BCUT2D eigenvalue weighted by Crippen LogP contribution is 2.31. The van der Waals surface area contributed by atoms with E-state index < -0.39 is 11.8 Å². The lowest BCUT2D eigenvalue weighted by atomic mass is 9.95. The Hall–Kier alpha value is -1.13. The van der Waals surface area contributed by atoms with Crippen molar-refractivity contribution in [3.05, 3.63) is 34.6 Å². The summed E-state index contributed by atoms with van der Waals surface area (Å²) in [7, 11) is 0. The molecule has 1 aromatic rings. The molecule has 0 saturated carbocycles. The van der Waals surface area contributed by atoms with Crippen LogP contribution in [0.3, 0.4) is 0 Å². The number of halogens is 2. The summed E-state index contributed by atoms with van der Waals surface area (Å²) in [6, 6.07) is 4.80. The molecule has 1 aromatic carbocycles. The third-order valence-corrected chi connectivity index (χ3v) is 4.30. The van der Waals surface area contributed by atoms with Crippen molar-refractivity contribution in [3.63, 3.8) is 0 Å². The van der Waals surface area contributed by atoms with Gasteiger partial charge in [-0.25, -0.2) is 4.39 Å². The second-order valence-electron chi connectivity index (χ2n) is 5.33. The van der Waals surface area contributed by atoms with Gasteiger partial charge in [-0.3, -0.25) is 9.69 Å². The van der Waals surface area contributed by atoms with E-state index in [0.717, 1.165) is 31.4 Å². The molecular weight excluding hydrogens is 281 g/mol. The minimum absolute atomic E-state index is 0.0396. The highest BCUT2D eigenvalue weighted by Gasteiger charge is 2.29. The van der Waals surface area contributed by atoms with Gasteiger partial charge in [-0.05, 0) is 44.0 Å². The van der Waals surface area contributed by atoms with Crippen molar-refractivity contribution < 1.29 is 14.3 Å². The van der Waals surface area contributed by atoms with Crippen LogP contribution in [-0.2, 0) is 4.79 Å².